The van der Waals surface area contributed by atoms with Crippen molar-refractivity contribution < 1.29 is 22.8 Å². The van der Waals surface area contributed by atoms with E-state index >= 15 is 0 Å². The third-order valence-electron chi connectivity index (χ3n) is 9.14. The molecule has 13 heteroatoms. The van der Waals surface area contributed by atoms with Crippen LogP contribution in [0, 0.1) is 11.8 Å². The molecule has 6 rings (SSSR count). The SMILES string of the molecule is CCN1CCN(Cc2ccc(NC(=O)Cc3cccc(C#Cc4cnc(NC)nc4-c4cc5c(n4C)CCNC5=O)c3)cc2C(F)(F)F)CC1. The number of carbonyl (C=O) groups is 2. The second kappa shape index (κ2) is 14.7. The number of nitrogens with zero attached hydrogens (tertiary/aromatic N) is 5. The van der Waals surface area contributed by atoms with E-state index in [9.17, 15) is 22.8 Å². The van der Waals surface area contributed by atoms with E-state index in [-0.39, 0.29) is 30.1 Å². The molecular weight excluding hydrogens is 645 g/mol. The summed E-state index contributed by atoms with van der Waals surface area (Å²) in [6.07, 6.45) is -2.28. The van der Waals surface area contributed by atoms with Crippen molar-refractivity contribution in [2.24, 2.45) is 7.05 Å². The average molecular weight is 685 g/mol. The summed E-state index contributed by atoms with van der Waals surface area (Å²) in [6, 6.07) is 12.9. The number of likely N-dealkylation sites (N-methyl/N-ethyl adjacent to an activating group) is 1. The van der Waals surface area contributed by atoms with Gasteiger partial charge in [0.15, 0.2) is 0 Å². The summed E-state index contributed by atoms with van der Waals surface area (Å²) in [5, 5.41) is 8.46. The Morgan fingerprint density at radius 1 is 1.04 bits per heavy atom. The standard InChI is InChI=1S/C37H39F3N8O2/c1-4-47-14-16-48(17-15-47)23-27-10-11-28(20-30(27)37(38,39)40)44-33(49)19-25-7-5-6-24(18-25)8-9-26-22-43-36(41-2)45-34(26)32-21-29-31(46(32)3)12-13-42-35(29)50/h5-7,10-11,18,20-22H,4,12-17,19,23H2,1-3H3,(H,42,50)(H,44,49)(H,41,43,45). The topological polar surface area (TPSA) is 107 Å². The number of benzene rings is 2. The number of hydrogen-bond acceptors (Lipinski definition) is 7. The zero-order valence-corrected chi connectivity index (χ0v) is 28.2. The molecule has 0 bridgehead atoms. The lowest BCUT2D eigenvalue weighted by Gasteiger charge is -2.34. The Morgan fingerprint density at radius 2 is 1.82 bits per heavy atom. The van der Waals surface area contributed by atoms with Gasteiger partial charge in [-0.1, -0.05) is 37.0 Å². The first-order valence-corrected chi connectivity index (χ1v) is 16.6. The number of amides is 2. The van der Waals surface area contributed by atoms with Gasteiger partial charge in [0.05, 0.1) is 28.8 Å². The minimum atomic E-state index is -4.55. The first-order chi connectivity index (χ1) is 24.0. The Kier molecular flexibility index (Phi) is 10.2. The van der Waals surface area contributed by atoms with Crippen LogP contribution in [0.15, 0.2) is 54.7 Å². The van der Waals surface area contributed by atoms with Crippen LogP contribution in [0.2, 0.25) is 0 Å². The molecule has 2 aliphatic rings. The van der Waals surface area contributed by atoms with Crippen molar-refractivity contribution in [1.82, 2.24) is 29.7 Å². The van der Waals surface area contributed by atoms with Crippen molar-refractivity contribution in [3.05, 3.63) is 93.8 Å². The van der Waals surface area contributed by atoms with Crippen LogP contribution in [0.25, 0.3) is 11.4 Å². The molecule has 0 saturated carbocycles. The Morgan fingerprint density at radius 3 is 2.54 bits per heavy atom. The van der Waals surface area contributed by atoms with Crippen LogP contribution < -0.4 is 16.0 Å². The van der Waals surface area contributed by atoms with Gasteiger partial charge < -0.3 is 25.4 Å². The molecule has 2 aromatic carbocycles. The Bertz CT molecular complexity index is 1970. The molecule has 0 unspecified atom stereocenters. The first kappa shape index (κ1) is 34.7. The van der Waals surface area contributed by atoms with Crippen LogP contribution in [-0.4, -0.2) is 82.5 Å². The third-order valence-corrected chi connectivity index (χ3v) is 9.14. The molecule has 50 heavy (non-hydrogen) atoms. The normalized spacial score (nSPS) is 15.1. The Balaban J connectivity index is 1.17. The molecule has 260 valence electrons. The molecule has 1 saturated heterocycles. The van der Waals surface area contributed by atoms with Crippen LogP contribution in [0.5, 0.6) is 0 Å². The van der Waals surface area contributed by atoms with E-state index in [1.807, 2.05) is 22.6 Å². The van der Waals surface area contributed by atoms with Crippen LogP contribution in [0.4, 0.5) is 24.8 Å². The van der Waals surface area contributed by atoms with Gasteiger partial charge in [-0.3, -0.25) is 14.5 Å². The highest BCUT2D eigenvalue weighted by molar-refractivity contribution is 5.98. The van der Waals surface area contributed by atoms with Crippen molar-refractivity contribution in [1.29, 1.82) is 0 Å². The number of alkyl halides is 3. The lowest BCUT2D eigenvalue weighted by Crippen LogP contribution is -2.45. The number of anilines is 2. The average Bonchev–Trinajstić information content (AvgIpc) is 3.45. The van der Waals surface area contributed by atoms with Gasteiger partial charge in [0.1, 0.15) is 5.69 Å². The number of piperazine rings is 1. The number of aromatic nitrogens is 3. The lowest BCUT2D eigenvalue weighted by atomic mass is 10.0. The number of rotatable bonds is 8. The highest BCUT2D eigenvalue weighted by atomic mass is 19.4. The summed E-state index contributed by atoms with van der Waals surface area (Å²) in [4.78, 5) is 38.8. The van der Waals surface area contributed by atoms with E-state index < -0.39 is 17.6 Å². The third kappa shape index (κ3) is 7.82. The first-order valence-electron chi connectivity index (χ1n) is 16.6. The molecule has 3 N–H and O–H groups in total. The van der Waals surface area contributed by atoms with E-state index in [0.29, 0.717) is 60.0 Å². The summed E-state index contributed by atoms with van der Waals surface area (Å²) >= 11 is 0. The Labute approximate surface area is 289 Å². The van der Waals surface area contributed by atoms with Crippen LogP contribution >= 0.6 is 0 Å². The molecule has 2 amide bonds. The largest absolute Gasteiger partial charge is 0.416 e. The van der Waals surface area contributed by atoms with Crippen molar-refractivity contribution in [3.63, 3.8) is 0 Å². The number of hydrogen-bond donors (Lipinski definition) is 3. The molecule has 0 radical (unpaired) electrons. The smallest absolute Gasteiger partial charge is 0.357 e. The van der Waals surface area contributed by atoms with Crippen LogP contribution in [0.1, 0.15) is 50.8 Å². The van der Waals surface area contributed by atoms with Gasteiger partial charge in [-0.05, 0) is 48.0 Å². The van der Waals surface area contributed by atoms with Crippen molar-refractivity contribution in [2.75, 3.05) is 56.9 Å². The maximum absolute atomic E-state index is 14.1. The monoisotopic (exact) mass is 684 g/mol. The fourth-order valence-electron chi connectivity index (χ4n) is 6.40. The molecule has 10 nitrogen and oxygen atoms in total. The van der Waals surface area contributed by atoms with E-state index in [1.54, 1.807) is 37.5 Å². The van der Waals surface area contributed by atoms with Gasteiger partial charge >= 0.3 is 6.18 Å². The van der Waals surface area contributed by atoms with Gasteiger partial charge in [-0.15, -0.1) is 0 Å². The fourth-order valence-corrected chi connectivity index (χ4v) is 6.40. The van der Waals surface area contributed by atoms with Crippen molar-refractivity contribution in [2.45, 2.75) is 32.5 Å². The Hall–Kier alpha value is -5.19. The molecule has 2 aromatic heterocycles. The molecule has 1 fully saturated rings. The second-order valence-corrected chi connectivity index (χ2v) is 12.4. The van der Waals surface area contributed by atoms with Gasteiger partial charge in [0.25, 0.3) is 5.91 Å². The number of fused-ring (bicyclic) bond motifs is 1. The summed E-state index contributed by atoms with van der Waals surface area (Å²) in [7, 11) is 3.61. The van der Waals surface area contributed by atoms with Gasteiger partial charge in [0.2, 0.25) is 11.9 Å². The number of carbonyl (C=O) groups excluding carboxylic acids is 2. The van der Waals surface area contributed by atoms with E-state index in [4.69, 9.17) is 0 Å². The number of halogens is 3. The quantitative estimate of drug-likeness (QED) is 0.234. The van der Waals surface area contributed by atoms with E-state index in [2.05, 4.69) is 49.6 Å². The molecule has 0 atom stereocenters. The highest BCUT2D eigenvalue weighted by Gasteiger charge is 2.34. The lowest BCUT2D eigenvalue weighted by molar-refractivity contribution is -0.138. The fraction of sp³-hybridized carbons (Fsp3) is 0.351. The van der Waals surface area contributed by atoms with Crippen molar-refractivity contribution >= 4 is 23.5 Å². The van der Waals surface area contributed by atoms with Crippen LogP contribution in [0.3, 0.4) is 0 Å². The minimum absolute atomic E-state index is 0.0531. The highest BCUT2D eigenvalue weighted by Crippen LogP contribution is 2.35. The summed E-state index contributed by atoms with van der Waals surface area (Å²) in [6.45, 7) is 6.84. The zero-order chi connectivity index (χ0) is 35.4. The molecule has 4 aromatic rings. The van der Waals surface area contributed by atoms with Gasteiger partial charge in [0, 0.05) is 82.9 Å². The zero-order valence-electron chi connectivity index (χ0n) is 28.2. The second-order valence-electron chi connectivity index (χ2n) is 12.4. The number of nitrogens with one attached hydrogen (secondary N) is 3. The van der Waals surface area contributed by atoms with E-state index in [0.717, 1.165) is 37.1 Å². The van der Waals surface area contributed by atoms with Crippen molar-refractivity contribution in [3.8, 4) is 23.2 Å². The summed E-state index contributed by atoms with van der Waals surface area (Å²) in [5.74, 6) is 6.12. The molecule has 2 aliphatic heterocycles. The minimum Gasteiger partial charge on any atom is -0.357 e. The van der Waals surface area contributed by atoms with Gasteiger partial charge in [-0.2, -0.15) is 13.2 Å². The van der Waals surface area contributed by atoms with E-state index in [1.165, 1.54) is 12.1 Å². The molecule has 0 aliphatic carbocycles. The summed E-state index contributed by atoms with van der Waals surface area (Å²) in [5.41, 5.74) is 4.21. The summed E-state index contributed by atoms with van der Waals surface area (Å²) < 4.78 is 44.2. The predicted molar refractivity (Wildman–Crippen MR) is 186 cm³/mol. The van der Waals surface area contributed by atoms with Crippen LogP contribution in [-0.2, 0) is 37.4 Å². The molecule has 4 heterocycles. The van der Waals surface area contributed by atoms with Gasteiger partial charge in [-0.25, -0.2) is 9.97 Å². The molecule has 0 spiro atoms. The predicted octanol–water partition coefficient (Wildman–Crippen LogP) is 4.55. The maximum atomic E-state index is 14.1. The molecular formula is C37H39F3N8O2. The maximum Gasteiger partial charge on any atom is 0.416 e.